The van der Waals surface area contributed by atoms with Gasteiger partial charge in [-0.2, -0.15) is 0 Å². The summed E-state index contributed by atoms with van der Waals surface area (Å²) in [5.74, 6) is -0.327. The highest BCUT2D eigenvalue weighted by Gasteiger charge is 2.30. The lowest BCUT2D eigenvalue weighted by Crippen LogP contribution is -2.40. The van der Waals surface area contributed by atoms with E-state index >= 15 is 0 Å². The third kappa shape index (κ3) is 8.05. The number of morpholine rings is 1. The molecule has 1 aliphatic heterocycles. The Morgan fingerprint density at radius 2 is 1.95 bits per heavy atom. The van der Waals surface area contributed by atoms with Gasteiger partial charge in [-0.1, -0.05) is 25.5 Å². The van der Waals surface area contributed by atoms with Crippen molar-refractivity contribution in [3.8, 4) is 0 Å². The maximum atomic E-state index is 14.6. The van der Waals surface area contributed by atoms with Crippen LogP contribution in [0.25, 0.3) is 6.08 Å². The van der Waals surface area contributed by atoms with Crippen LogP contribution in [0.4, 0.5) is 21.5 Å². The van der Waals surface area contributed by atoms with Gasteiger partial charge in [0.15, 0.2) is 0 Å². The molecule has 0 radical (unpaired) electrons. The monoisotopic (exact) mass is 511 g/mol. The number of benzene rings is 2. The molecule has 2 aliphatic rings. The van der Waals surface area contributed by atoms with Crippen LogP contribution in [0.1, 0.15) is 38.2 Å². The quantitative estimate of drug-likeness (QED) is 0.392. The molecule has 0 aromatic heterocycles. The summed E-state index contributed by atoms with van der Waals surface area (Å²) in [6, 6.07) is 12.9. The maximum Gasteiger partial charge on any atom is 0.330 e. The van der Waals surface area contributed by atoms with Crippen LogP contribution < -0.4 is 15.1 Å². The van der Waals surface area contributed by atoms with Gasteiger partial charge in [0, 0.05) is 50.1 Å². The van der Waals surface area contributed by atoms with E-state index in [1.807, 2.05) is 49.2 Å². The number of halogens is 1. The van der Waals surface area contributed by atoms with E-state index < -0.39 is 0 Å². The minimum Gasteiger partial charge on any atom is -0.466 e. The smallest absolute Gasteiger partial charge is 0.330 e. The van der Waals surface area contributed by atoms with Crippen molar-refractivity contribution in [3.05, 3.63) is 59.9 Å². The topological polar surface area (TPSA) is 71.1 Å². The van der Waals surface area contributed by atoms with Gasteiger partial charge in [-0.3, -0.25) is 4.79 Å². The Morgan fingerprint density at radius 1 is 1.19 bits per heavy atom. The summed E-state index contributed by atoms with van der Waals surface area (Å²) >= 11 is 0. The van der Waals surface area contributed by atoms with E-state index in [1.165, 1.54) is 19.3 Å². The van der Waals surface area contributed by atoms with Crippen molar-refractivity contribution in [3.63, 3.8) is 0 Å². The molecule has 4 rings (SSSR count). The Kier molecular flexibility index (Phi) is 11.0. The zero-order chi connectivity index (χ0) is 26.6. The molecule has 1 heterocycles. The zero-order valence-corrected chi connectivity index (χ0v) is 22.0. The van der Waals surface area contributed by atoms with Gasteiger partial charge in [0.25, 0.3) is 0 Å². The average Bonchev–Trinajstić information content (AvgIpc) is 2.90. The summed E-state index contributed by atoms with van der Waals surface area (Å²) in [6.07, 6.45) is 7.04. The molecular formula is C29H38FN3O4. The largest absolute Gasteiger partial charge is 0.466 e. The van der Waals surface area contributed by atoms with E-state index in [1.54, 1.807) is 17.0 Å². The van der Waals surface area contributed by atoms with Crippen LogP contribution >= 0.6 is 0 Å². The fourth-order valence-corrected chi connectivity index (χ4v) is 4.22. The van der Waals surface area contributed by atoms with E-state index in [-0.39, 0.29) is 23.6 Å². The number of carbonyl (C=O) groups excluding carboxylic acids is 2. The Bertz CT molecular complexity index is 1060. The molecule has 200 valence electrons. The second-order valence-corrected chi connectivity index (χ2v) is 9.08. The van der Waals surface area contributed by atoms with E-state index in [0.717, 1.165) is 36.9 Å². The number of carbonyl (C=O) groups is 2. The number of hydrogen-bond acceptors (Lipinski definition) is 6. The van der Waals surface area contributed by atoms with E-state index in [9.17, 15) is 14.0 Å². The normalized spacial score (nSPS) is 15.4. The molecule has 7 nitrogen and oxygen atoms in total. The number of nitrogens with one attached hydrogen (secondary N) is 1. The minimum atomic E-state index is -0.347. The molecule has 1 saturated carbocycles. The van der Waals surface area contributed by atoms with Crippen LogP contribution in [0.15, 0.2) is 48.5 Å². The van der Waals surface area contributed by atoms with Crippen LogP contribution in [0.2, 0.25) is 0 Å². The highest BCUT2D eigenvalue weighted by molar-refractivity contribution is 5.95. The minimum absolute atomic E-state index is 0.128. The lowest BCUT2D eigenvalue weighted by molar-refractivity contribution is -0.134. The van der Waals surface area contributed by atoms with Gasteiger partial charge in [-0.25, -0.2) is 9.18 Å². The van der Waals surface area contributed by atoms with E-state index in [0.29, 0.717) is 44.2 Å². The van der Waals surface area contributed by atoms with Gasteiger partial charge < -0.3 is 24.6 Å². The van der Waals surface area contributed by atoms with Crippen LogP contribution in [0.5, 0.6) is 0 Å². The number of rotatable bonds is 8. The number of esters is 1. The Morgan fingerprint density at radius 3 is 2.54 bits per heavy atom. The number of anilines is 3. The predicted octanol–water partition coefficient (Wildman–Crippen LogP) is 5.12. The van der Waals surface area contributed by atoms with Crippen molar-refractivity contribution >= 4 is 35.0 Å². The summed E-state index contributed by atoms with van der Waals surface area (Å²) in [7, 11) is 3.21. The first kappa shape index (κ1) is 28.2. The molecule has 37 heavy (non-hydrogen) atoms. The maximum absolute atomic E-state index is 14.6. The Hall–Kier alpha value is -3.39. The molecule has 2 aromatic rings. The fraction of sp³-hybridized carbons (Fsp3) is 0.448. The van der Waals surface area contributed by atoms with Crippen molar-refractivity contribution in [1.82, 2.24) is 0 Å². The molecule has 8 heteroatoms. The first-order valence-corrected chi connectivity index (χ1v) is 12.9. The van der Waals surface area contributed by atoms with E-state index in [4.69, 9.17) is 4.74 Å². The van der Waals surface area contributed by atoms with Crippen molar-refractivity contribution in [2.45, 2.75) is 32.6 Å². The van der Waals surface area contributed by atoms with Crippen molar-refractivity contribution in [2.75, 3.05) is 62.1 Å². The molecule has 1 N–H and O–H groups in total. The molecule has 0 spiro atoms. The standard InChI is InChI=1S/C18H25FN2O2.C11H13NO2/c1-2-8-21(18(22)14-4-3-5-14)15-6-7-17(16(19)13-15)20-9-11-23-12-10-20;1-12-10-5-3-4-9(8-10)6-7-11(13)14-2/h6-7,13-14H,2-5,8-12H2,1H3;3-8,12H,1-2H3/b;7-6+. The zero-order valence-electron chi connectivity index (χ0n) is 22.0. The SMILES string of the molecule is CCCN(C(=O)C1CCC1)c1ccc(N2CCOCC2)c(F)c1.CNc1cccc(/C=C/C(=O)OC)c1. The molecule has 1 saturated heterocycles. The first-order chi connectivity index (χ1) is 18.0. The number of ether oxygens (including phenoxy) is 2. The highest BCUT2D eigenvalue weighted by atomic mass is 19.1. The number of methoxy groups -OCH3 is 1. The summed E-state index contributed by atoms with van der Waals surface area (Å²) in [4.78, 5) is 27.2. The lowest BCUT2D eigenvalue weighted by atomic mass is 9.84. The molecular weight excluding hydrogens is 473 g/mol. The molecule has 1 amide bonds. The number of amides is 1. The third-order valence-electron chi connectivity index (χ3n) is 6.55. The van der Waals surface area contributed by atoms with Crippen LogP contribution in [-0.4, -0.2) is 58.9 Å². The van der Waals surface area contributed by atoms with Gasteiger partial charge in [0.05, 0.1) is 26.0 Å². The Balaban J connectivity index is 0.000000233. The third-order valence-corrected chi connectivity index (χ3v) is 6.55. The molecule has 2 aromatic carbocycles. The van der Waals surface area contributed by atoms with Crippen molar-refractivity contribution < 1.29 is 23.5 Å². The number of hydrogen-bond donors (Lipinski definition) is 1. The molecule has 2 fully saturated rings. The second kappa shape index (κ2) is 14.4. The molecule has 0 atom stereocenters. The predicted molar refractivity (Wildman–Crippen MR) is 146 cm³/mol. The highest BCUT2D eigenvalue weighted by Crippen LogP contribution is 2.32. The van der Waals surface area contributed by atoms with Crippen LogP contribution in [-0.2, 0) is 19.1 Å². The first-order valence-electron chi connectivity index (χ1n) is 12.9. The van der Waals surface area contributed by atoms with Crippen molar-refractivity contribution in [2.24, 2.45) is 5.92 Å². The summed E-state index contributed by atoms with van der Waals surface area (Å²) in [5, 5.41) is 3.02. The summed E-state index contributed by atoms with van der Waals surface area (Å²) < 4.78 is 24.4. The van der Waals surface area contributed by atoms with Gasteiger partial charge in [0.1, 0.15) is 5.82 Å². The average molecular weight is 512 g/mol. The summed E-state index contributed by atoms with van der Waals surface area (Å²) in [6.45, 7) is 5.35. The van der Waals surface area contributed by atoms with Gasteiger partial charge >= 0.3 is 5.97 Å². The number of nitrogens with zero attached hydrogens (tertiary/aromatic N) is 2. The van der Waals surface area contributed by atoms with Gasteiger partial charge in [-0.15, -0.1) is 0 Å². The van der Waals surface area contributed by atoms with Crippen LogP contribution in [0, 0.1) is 11.7 Å². The van der Waals surface area contributed by atoms with E-state index in [2.05, 4.69) is 10.1 Å². The summed E-state index contributed by atoms with van der Waals surface area (Å²) in [5.41, 5.74) is 3.25. The van der Waals surface area contributed by atoms with Crippen molar-refractivity contribution in [1.29, 1.82) is 0 Å². The lowest BCUT2D eigenvalue weighted by Gasteiger charge is -2.33. The molecule has 0 unspecified atom stereocenters. The molecule has 0 bridgehead atoms. The van der Waals surface area contributed by atoms with Crippen LogP contribution in [0.3, 0.4) is 0 Å². The molecule has 1 aliphatic carbocycles. The Labute approximate surface area is 219 Å². The van der Waals surface area contributed by atoms with Gasteiger partial charge in [0.2, 0.25) is 5.91 Å². The fourth-order valence-electron chi connectivity index (χ4n) is 4.22. The second-order valence-electron chi connectivity index (χ2n) is 9.08. The van der Waals surface area contributed by atoms with Gasteiger partial charge in [-0.05, 0) is 61.2 Å².